The van der Waals surface area contributed by atoms with Gasteiger partial charge in [0.1, 0.15) is 29.1 Å². The van der Waals surface area contributed by atoms with Crippen LogP contribution in [0.1, 0.15) is 69.9 Å². The first-order chi connectivity index (χ1) is 23.7. The van der Waals surface area contributed by atoms with Crippen LogP contribution in [0, 0.1) is 6.92 Å². The SMILES string of the molecule is CCNC(=O)C1CCCN1C(=O)COc1cc(C(=O)NC(CC(=O)OC(C)(C)C)C(=O)N2CCN(C(=O)OCC)CC2)nc2cc(C)ccc12. The number of hydrogen-bond donors (Lipinski definition) is 2. The zero-order valence-electron chi connectivity index (χ0n) is 29.7. The molecule has 2 fully saturated rings. The van der Waals surface area contributed by atoms with Crippen LogP contribution in [0.5, 0.6) is 5.75 Å². The van der Waals surface area contributed by atoms with Crippen LogP contribution in [0.25, 0.3) is 10.9 Å². The van der Waals surface area contributed by atoms with Crippen LogP contribution < -0.4 is 15.4 Å². The average molecular weight is 697 g/mol. The highest BCUT2D eigenvalue weighted by Gasteiger charge is 2.35. The Kier molecular flexibility index (Phi) is 12.6. The maximum Gasteiger partial charge on any atom is 0.409 e. The lowest BCUT2D eigenvalue weighted by Crippen LogP contribution is -2.56. The van der Waals surface area contributed by atoms with Crippen LogP contribution in [-0.4, -0.2) is 126 Å². The number of carbonyl (C=O) groups is 6. The van der Waals surface area contributed by atoms with Crippen molar-refractivity contribution in [2.75, 3.05) is 52.5 Å². The van der Waals surface area contributed by atoms with Gasteiger partial charge in [-0.1, -0.05) is 6.07 Å². The van der Waals surface area contributed by atoms with Crippen molar-refractivity contribution in [3.63, 3.8) is 0 Å². The van der Waals surface area contributed by atoms with E-state index in [0.29, 0.717) is 36.8 Å². The molecule has 15 nitrogen and oxygen atoms in total. The highest BCUT2D eigenvalue weighted by Crippen LogP contribution is 2.27. The maximum absolute atomic E-state index is 13.8. The first-order valence-corrected chi connectivity index (χ1v) is 17.0. The molecular formula is C35H48N6O9. The van der Waals surface area contributed by atoms with Gasteiger partial charge in [0.15, 0.2) is 6.61 Å². The van der Waals surface area contributed by atoms with Gasteiger partial charge in [-0.15, -0.1) is 0 Å². The molecule has 15 heteroatoms. The molecule has 4 rings (SSSR count). The van der Waals surface area contributed by atoms with Gasteiger partial charge in [0.05, 0.1) is 18.5 Å². The van der Waals surface area contributed by atoms with E-state index in [9.17, 15) is 28.8 Å². The first-order valence-electron chi connectivity index (χ1n) is 17.0. The lowest BCUT2D eigenvalue weighted by molar-refractivity contribution is -0.157. The van der Waals surface area contributed by atoms with Crippen molar-refractivity contribution in [3.8, 4) is 5.75 Å². The molecule has 2 atom stereocenters. The van der Waals surface area contributed by atoms with Gasteiger partial charge in [0, 0.05) is 50.7 Å². The molecule has 2 aliphatic heterocycles. The molecule has 2 saturated heterocycles. The van der Waals surface area contributed by atoms with E-state index in [2.05, 4.69) is 15.6 Å². The number of rotatable bonds is 11. The second-order valence-corrected chi connectivity index (χ2v) is 13.3. The van der Waals surface area contributed by atoms with E-state index < -0.39 is 48.0 Å². The number of hydrogen-bond acceptors (Lipinski definition) is 10. The summed E-state index contributed by atoms with van der Waals surface area (Å²) in [4.78, 5) is 87.4. The summed E-state index contributed by atoms with van der Waals surface area (Å²) >= 11 is 0. The topological polar surface area (TPSA) is 177 Å². The number of piperazine rings is 1. The molecule has 50 heavy (non-hydrogen) atoms. The number of aryl methyl sites for hydroxylation is 1. The molecule has 0 radical (unpaired) electrons. The Balaban J connectivity index is 1.55. The molecule has 2 aromatic rings. The summed E-state index contributed by atoms with van der Waals surface area (Å²) in [5.41, 5.74) is 0.370. The minimum atomic E-state index is -1.30. The van der Waals surface area contributed by atoms with Gasteiger partial charge in [-0.3, -0.25) is 24.0 Å². The number of nitrogens with one attached hydrogen (secondary N) is 2. The molecule has 1 aromatic carbocycles. The van der Waals surface area contributed by atoms with Crippen LogP contribution in [0.3, 0.4) is 0 Å². The van der Waals surface area contributed by atoms with Crippen LogP contribution >= 0.6 is 0 Å². The summed E-state index contributed by atoms with van der Waals surface area (Å²) in [5, 5.41) is 6.00. The summed E-state index contributed by atoms with van der Waals surface area (Å²) in [6.07, 6.45) is 0.342. The number of fused-ring (bicyclic) bond motifs is 1. The van der Waals surface area contributed by atoms with Crippen LogP contribution in [0.4, 0.5) is 4.79 Å². The summed E-state index contributed by atoms with van der Waals surface area (Å²) in [7, 11) is 0. The number of likely N-dealkylation sites (N-methyl/N-ethyl adjacent to an activating group) is 1. The number of likely N-dealkylation sites (tertiary alicyclic amines) is 1. The smallest absolute Gasteiger partial charge is 0.409 e. The molecule has 0 aliphatic carbocycles. The number of amides is 5. The molecular weight excluding hydrogens is 648 g/mol. The highest BCUT2D eigenvalue weighted by molar-refractivity contribution is 6.00. The molecule has 1 aromatic heterocycles. The highest BCUT2D eigenvalue weighted by atomic mass is 16.6. The lowest BCUT2D eigenvalue weighted by Gasteiger charge is -2.36. The summed E-state index contributed by atoms with van der Waals surface area (Å²) in [6.45, 7) is 12.0. The van der Waals surface area contributed by atoms with Crippen LogP contribution in [0.2, 0.25) is 0 Å². The number of ether oxygens (including phenoxy) is 3. The first kappa shape index (κ1) is 37.9. The van der Waals surface area contributed by atoms with E-state index in [1.165, 1.54) is 20.8 Å². The predicted molar refractivity (Wildman–Crippen MR) is 182 cm³/mol. The Labute approximate surface area is 291 Å². The Morgan fingerprint density at radius 2 is 1.68 bits per heavy atom. The third-order valence-corrected chi connectivity index (χ3v) is 8.25. The molecule has 0 saturated carbocycles. The van der Waals surface area contributed by atoms with Gasteiger partial charge >= 0.3 is 12.1 Å². The summed E-state index contributed by atoms with van der Waals surface area (Å²) in [6, 6.07) is 4.90. The quantitative estimate of drug-likeness (QED) is 0.331. The minimum Gasteiger partial charge on any atom is -0.483 e. The standard InChI is InChI=1S/C35H48N6O9/c1-7-36-32(45)27-10-9-13-41(27)29(42)21-49-28-19-25(37-24-18-22(3)11-12-23(24)28)31(44)38-26(20-30(43)50-35(4,5)6)33(46)39-14-16-40(17-15-39)34(47)48-8-2/h11-12,18-19,26-27H,7-10,13-17,20-21H2,1-6H3,(H,36,45)(H,38,44). The van der Waals surface area contributed by atoms with Gasteiger partial charge in [-0.2, -0.15) is 0 Å². The fourth-order valence-electron chi connectivity index (χ4n) is 5.92. The van der Waals surface area contributed by atoms with Crippen molar-refractivity contribution in [2.45, 2.75) is 78.5 Å². The Morgan fingerprint density at radius 3 is 2.34 bits per heavy atom. The Morgan fingerprint density at radius 1 is 0.980 bits per heavy atom. The average Bonchev–Trinajstić information content (AvgIpc) is 3.56. The summed E-state index contributed by atoms with van der Waals surface area (Å²) < 4.78 is 16.5. The molecule has 3 heterocycles. The van der Waals surface area contributed by atoms with Gasteiger partial charge in [-0.25, -0.2) is 9.78 Å². The van der Waals surface area contributed by atoms with Gasteiger partial charge in [-0.05, 0) is 72.1 Å². The van der Waals surface area contributed by atoms with E-state index in [0.717, 1.165) is 5.56 Å². The Hall–Kier alpha value is -4.95. The molecule has 2 aliphatic rings. The number of esters is 1. The van der Waals surface area contributed by atoms with E-state index >= 15 is 0 Å². The second-order valence-electron chi connectivity index (χ2n) is 13.3. The fourth-order valence-corrected chi connectivity index (χ4v) is 5.92. The minimum absolute atomic E-state index is 0.0963. The van der Waals surface area contributed by atoms with E-state index in [1.54, 1.807) is 39.8 Å². The normalized spacial score (nSPS) is 16.8. The van der Waals surface area contributed by atoms with Crippen molar-refractivity contribution < 1.29 is 43.0 Å². The number of carbonyl (C=O) groups excluding carboxylic acids is 6. The molecule has 2 N–H and O–H groups in total. The maximum atomic E-state index is 13.8. The number of pyridine rings is 1. The van der Waals surface area contributed by atoms with Gasteiger partial charge < -0.3 is 39.5 Å². The zero-order valence-corrected chi connectivity index (χ0v) is 29.7. The molecule has 272 valence electrons. The molecule has 2 unspecified atom stereocenters. The van der Waals surface area contributed by atoms with E-state index in [4.69, 9.17) is 14.2 Å². The third kappa shape index (κ3) is 9.82. The van der Waals surface area contributed by atoms with Crippen molar-refractivity contribution in [3.05, 3.63) is 35.5 Å². The van der Waals surface area contributed by atoms with Crippen LogP contribution in [-0.2, 0) is 28.7 Å². The monoisotopic (exact) mass is 696 g/mol. The zero-order chi connectivity index (χ0) is 36.6. The second kappa shape index (κ2) is 16.6. The van der Waals surface area contributed by atoms with Gasteiger partial charge in [0.25, 0.3) is 11.8 Å². The number of benzene rings is 1. The van der Waals surface area contributed by atoms with Crippen molar-refractivity contribution in [1.82, 2.24) is 30.3 Å². The fraction of sp³-hybridized carbons (Fsp3) is 0.571. The molecule has 0 spiro atoms. The van der Waals surface area contributed by atoms with E-state index in [1.807, 2.05) is 19.9 Å². The number of aromatic nitrogens is 1. The van der Waals surface area contributed by atoms with Crippen molar-refractivity contribution in [2.24, 2.45) is 0 Å². The van der Waals surface area contributed by atoms with Gasteiger partial charge in [0.2, 0.25) is 11.8 Å². The molecule has 5 amide bonds. The number of nitrogens with zero attached hydrogens (tertiary/aromatic N) is 4. The van der Waals surface area contributed by atoms with E-state index in [-0.39, 0.29) is 62.7 Å². The lowest BCUT2D eigenvalue weighted by atomic mass is 10.1. The van der Waals surface area contributed by atoms with Crippen molar-refractivity contribution >= 4 is 46.6 Å². The van der Waals surface area contributed by atoms with Crippen LogP contribution in [0.15, 0.2) is 24.3 Å². The molecule has 0 bridgehead atoms. The summed E-state index contributed by atoms with van der Waals surface area (Å²) in [5.74, 6) is -2.30. The van der Waals surface area contributed by atoms with Crippen molar-refractivity contribution in [1.29, 1.82) is 0 Å². The predicted octanol–water partition coefficient (Wildman–Crippen LogP) is 2.18. The third-order valence-electron chi connectivity index (χ3n) is 8.25. The Bertz CT molecular complexity index is 1600. The largest absolute Gasteiger partial charge is 0.483 e.